The molecule has 0 aliphatic rings. The van der Waals surface area contributed by atoms with Gasteiger partial charge in [-0.25, -0.2) is 4.79 Å². The average molecular weight is 194 g/mol. The van der Waals surface area contributed by atoms with Crippen molar-refractivity contribution in [3.63, 3.8) is 0 Å². The van der Waals surface area contributed by atoms with Crippen LogP contribution in [0.15, 0.2) is 0 Å². The summed E-state index contributed by atoms with van der Waals surface area (Å²) in [5, 5.41) is 1.67. The molecule has 0 aromatic rings. The third-order valence-electron chi connectivity index (χ3n) is 1.12. The number of alkyl halides is 3. The first kappa shape index (κ1) is 11.6. The van der Waals surface area contributed by atoms with Gasteiger partial charge in [-0.05, 0) is 0 Å². The Morgan fingerprint density at radius 1 is 1.62 bits per heavy atom. The quantitative estimate of drug-likeness (QED) is 0.648. The van der Waals surface area contributed by atoms with Crippen molar-refractivity contribution in [2.24, 2.45) is 0 Å². The number of terminal acetylenes is 1. The molecule has 0 bridgehead atoms. The third kappa shape index (κ3) is 5.84. The largest absolute Gasteiger partial charge is 0.405 e. The van der Waals surface area contributed by atoms with Crippen LogP contribution in [0.1, 0.15) is 0 Å². The Bertz CT molecular complexity index is 219. The summed E-state index contributed by atoms with van der Waals surface area (Å²) in [5.74, 6) is 2.13. The van der Waals surface area contributed by atoms with Gasteiger partial charge in [-0.2, -0.15) is 13.2 Å². The van der Waals surface area contributed by atoms with Gasteiger partial charge in [-0.15, -0.1) is 6.42 Å². The normalized spacial score (nSPS) is 10.4. The predicted octanol–water partition coefficient (Wildman–Crippen LogP) is 0.823. The summed E-state index contributed by atoms with van der Waals surface area (Å²) in [7, 11) is 1.31. The van der Waals surface area contributed by atoms with Crippen LogP contribution in [0.2, 0.25) is 0 Å². The van der Waals surface area contributed by atoms with E-state index >= 15 is 0 Å². The first-order valence-corrected chi connectivity index (χ1v) is 3.36. The zero-order chi connectivity index (χ0) is 10.5. The van der Waals surface area contributed by atoms with Crippen molar-refractivity contribution in [2.75, 3.05) is 20.1 Å². The van der Waals surface area contributed by atoms with Gasteiger partial charge in [0.15, 0.2) is 0 Å². The second-order valence-corrected chi connectivity index (χ2v) is 2.33. The molecule has 13 heavy (non-hydrogen) atoms. The number of hydrogen-bond donors (Lipinski definition) is 1. The van der Waals surface area contributed by atoms with Gasteiger partial charge < -0.3 is 10.2 Å². The monoisotopic (exact) mass is 194 g/mol. The van der Waals surface area contributed by atoms with Gasteiger partial charge in [0.25, 0.3) is 0 Å². The molecule has 0 aliphatic heterocycles. The number of rotatable bonds is 2. The van der Waals surface area contributed by atoms with Crippen LogP contribution >= 0.6 is 0 Å². The number of nitrogens with one attached hydrogen (secondary N) is 1. The highest BCUT2D eigenvalue weighted by molar-refractivity contribution is 5.74. The van der Waals surface area contributed by atoms with E-state index in [2.05, 4.69) is 5.92 Å². The lowest BCUT2D eigenvalue weighted by Gasteiger charge is -2.15. The molecule has 1 N–H and O–H groups in total. The second kappa shape index (κ2) is 4.60. The van der Waals surface area contributed by atoms with Crippen LogP contribution in [0.5, 0.6) is 0 Å². The molecule has 0 fully saturated rings. The number of carbonyl (C=O) groups excluding carboxylic acids is 1. The van der Waals surface area contributed by atoms with E-state index in [9.17, 15) is 18.0 Å². The molecular formula is C7H9F3N2O. The molecule has 0 saturated heterocycles. The van der Waals surface area contributed by atoms with Crippen molar-refractivity contribution in [3.05, 3.63) is 0 Å². The van der Waals surface area contributed by atoms with E-state index < -0.39 is 18.8 Å². The molecule has 0 unspecified atom stereocenters. The molecule has 0 rings (SSSR count). The van der Waals surface area contributed by atoms with Gasteiger partial charge >= 0.3 is 12.2 Å². The first-order valence-electron chi connectivity index (χ1n) is 3.36. The molecule has 0 atom stereocenters. The van der Waals surface area contributed by atoms with Crippen molar-refractivity contribution >= 4 is 6.03 Å². The molecule has 0 heterocycles. The van der Waals surface area contributed by atoms with Gasteiger partial charge in [-0.3, -0.25) is 0 Å². The SMILES string of the molecule is C#CCN(C)C(=O)NCC(F)(F)F. The molecule has 2 amide bonds. The van der Waals surface area contributed by atoms with E-state index in [0.29, 0.717) is 0 Å². The number of nitrogens with zero attached hydrogens (tertiary/aromatic N) is 1. The van der Waals surface area contributed by atoms with E-state index in [1.165, 1.54) is 7.05 Å². The number of halogens is 3. The minimum atomic E-state index is -4.40. The number of amides is 2. The minimum absolute atomic E-state index is 0.0241. The zero-order valence-electron chi connectivity index (χ0n) is 6.98. The fourth-order valence-electron chi connectivity index (χ4n) is 0.520. The lowest BCUT2D eigenvalue weighted by Crippen LogP contribution is -2.41. The van der Waals surface area contributed by atoms with E-state index in [0.717, 1.165) is 4.90 Å². The van der Waals surface area contributed by atoms with Crippen LogP contribution in [0, 0.1) is 12.3 Å². The molecule has 0 aromatic heterocycles. The average Bonchev–Trinajstić information content (AvgIpc) is 1.99. The van der Waals surface area contributed by atoms with Crippen LogP contribution in [-0.4, -0.2) is 37.2 Å². The molecular weight excluding hydrogens is 185 g/mol. The summed E-state index contributed by atoms with van der Waals surface area (Å²) < 4.78 is 34.8. The van der Waals surface area contributed by atoms with Gasteiger partial charge in [0, 0.05) is 7.05 Å². The first-order chi connectivity index (χ1) is 5.87. The fourth-order valence-corrected chi connectivity index (χ4v) is 0.520. The summed E-state index contributed by atoms with van der Waals surface area (Å²) >= 11 is 0. The molecule has 0 aromatic carbocycles. The lowest BCUT2D eigenvalue weighted by atomic mass is 10.5. The highest BCUT2D eigenvalue weighted by Gasteiger charge is 2.28. The predicted molar refractivity (Wildman–Crippen MR) is 40.9 cm³/mol. The Morgan fingerprint density at radius 3 is 2.54 bits per heavy atom. The Balaban J connectivity index is 3.83. The van der Waals surface area contributed by atoms with Crippen LogP contribution in [-0.2, 0) is 0 Å². The molecule has 6 heteroatoms. The lowest BCUT2D eigenvalue weighted by molar-refractivity contribution is -0.123. The molecule has 0 radical (unpaired) electrons. The molecule has 0 spiro atoms. The molecule has 3 nitrogen and oxygen atoms in total. The highest BCUT2D eigenvalue weighted by Crippen LogP contribution is 2.12. The molecule has 0 aliphatic carbocycles. The zero-order valence-corrected chi connectivity index (χ0v) is 6.98. The molecule has 74 valence electrons. The number of urea groups is 1. The van der Waals surface area contributed by atoms with Gasteiger partial charge in [-0.1, -0.05) is 5.92 Å². The summed E-state index contributed by atoms with van der Waals surface area (Å²) in [6.45, 7) is -1.37. The van der Waals surface area contributed by atoms with Crippen molar-refractivity contribution in [2.45, 2.75) is 6.18 Å². The minimum Gasteiger partial charge on any atom is -0.329 e. The standard InChI is InChI=1S/C7H9F3N2O/c1-3-4-12(2)6(13)11-5-7(8,9)10/h1H,4-5H2,2H3,(H,11,13). The van der Waals surface area contributed by atoms with Crippen molar-refractivity contribution in [1.82, 2.24) is 10.2 Å². The van der Waals surface area contributed by atoms with Crippen LogP contribution < -0.4 is 5.32 Å². The Hall–Kier alpha value is -1.38. The Labute approximate surface area is 73.9 Å². The maximum Gasteiger partial charge on any atom is 0.405 e. The van der Waals surface area contributed by atoms with Gasteiger partial charge in [0.1, 0.15) is 6.54 Å². The second-order valence-electron chi connectivity index (χ2n) is 2.33. The van der Waals surface area contributed by atoms with Crippen LogP contribution in [0.3, 0.4) is 0 Å². The smallest absolute Gasteiger partial charge is 0.329 e. The summed E-state index contributed by atoms with van der Waals surface area (Å²) in [6, 6.07) is -0.838. The maximum atomic E-state index is 11.6. The van der Waals surface area contributed by atoms with E-state index in [1.807, 2.05) is 0 Å². The van der Waals surface area contributed by atoms with E-state index in [1.54, 1.807) is 5.32 Å². The summed E-state index contributed by atoms with van der Waals surface area (Å²) in [4.78, 5) is 11.8. The Kier molecular flexibility index (Phi) is 4.11. The van der Waals surface area contributed by atoms with E-state index in [-0.39, 0.29) is 6.54 Å². The Morgan fingerprint density at radius 2 is 2.15 bits per heavy atom. The number of carbonyl (C=O) groups is 1. The van der Waals surface area contributed by atoms with Crippen LogP contribution in [0.25, 0.3) is 0 Å². The summed E-state index contributed by atoms with van der Waals surface area (Å²) in [6.07, 6.45) is 0.459. The third-order valence-corrected chi connectivity index (χ3v) is 1.12. The van der Waals surface area contributed by atoms with Crippen molar-refractivity contribution in [3.8, 4) is 12.3 Å². The maximum absolute atomic E-state index is 11.6. The highest BCUT2D eigenvalue weighted by atomic mass is 19.4. The number of hydrogen-bond acceptors (Lipinski definition) is 1. The molecule has 0 saturated carbocycles. The summed E-state index contributed by atoms with van der Waals surface area (Å²) in [5.41, 5.74) is 0. The topological polar surface area (TPSA) is 32.3 Å². The van der Waals surface area contributed by atoms with Gasteiger partial charge in [0.2, 0.25) is 0 Å². The van der Waals surface area contributed by atoms with Crippen molar-refractivity contribution < 1.29 is 18.0 Å². The van der Waals surface area contributed by atoms with E-state index in [4.69, 9.17) is 6.42 Å². The van der Waals surface area contributed by atoms with Gasteiger partial charge in [0.05, 0.1) is 6.54 Å². The van der Waals surface area contributed by atoms with Crippen molar-refractivity contribution in [1.29, 1.82) is 0 Å². The fraction of sp³-hybridized carbons (Fsp3) is 0.571. The van der Waals surface area contributed by atoms with Crippen LogP contribution in [0.4, 0.5) is 18.0 Å².